The number of aromatic nitrogens is 1. The first-order valence-corrected chi connectivity index (χ1v) is 10.3. The van der Waals surface area contributed by atoms with E-state index in [0.29, 0.717) is 4.34 Å². The van der Waals surface area contributed by atoms with E-state index < -0.39 is 21.7 Å². The van der Waals surface area contributed by atoms with Gasteiger partial charge in [-0.15, -0.1) is 15.7 Å². The summed E-state index contributed by atoms with van der Waals surface area (Å²) in [7, 11) is -2.55. The monoisotopic (exact) mass is 424 g/mol. The van der Waals surface area contributed by atoms with Gasteiger partial charge in [0.05, 0.1) is 21.2 Å². The Kier molecular flexibility index (Phi) is 5.26. The minimum Gasteiger partial charge on any atom is -0.383 e. The lowest BCUT2D eigenvalue weighted by molar-refractivity contribution is 0.187. The number of methoxy groups -OCH3 is 1. The maximum Gasteiger partial charge on any atom is 0.294 e. The van der Waals surface area contributed by atoms with Crippen molar-refractivity contribution in [3.05, 3.63) is 45.0 Å². The fraction of sp³-hybridized carbons (Fsp3) is 0.214. The van der Waals surface area contributed by atoms with Gasteiger partial charge in [0, 0.05) is 19.7 Å². The summed E-state index contributed by atoms with van der Waals surface area (Å²) in [6.45, 7) is 0.374. The van der Waals surface area contributed by atoms with Gasteiger partial charge in [-0.25, -0.2) is 8.78 Å². The summed E-state index contributed by atoms with van der Waals surface area (Å²) in [6, 6.07) is 4.68. The van der Waals surface area contributed by atoms with Crippen LogP contribution < -0.4 is 4.80 Å². The number of nitrogens with zero attached hydrogens (tertiary/aromatic N) is 2. The zero-order chi connectivity index (χ0) is 18.2. The second kappa shape index (κ2) is 7.12. The lowest BCUT2D eigenvalue weighted by Gasteiger charge is -2.05. The van der Waals surface area contributed by atoms with Gasteiger partial charge in [0.15, 0.2) is 5.82 Å². The molecular formula is C14H11ClF2N2O3S3. The number of thiophene rings is 1. The normalized spacial score (nSPS) is 13.0. The van der Waals surface area contributed by atoms with E-state index in [9.17, 15) is 17.2 Å². The summed E-state index contributed by atoms with van der Waals surface area (Å²) < 4.78 is 63.3. The van der Waals surface area contributed by atoms with Gasteiger partial charge in [0.25, 0.3) is 10.0 Å². The first-order chi connectivity index (χ1) is 11.8. The SMILES string of the molecule is COCCn1c(=NS(=O)(=O)c2ccc(Cl)s2)sc2cc(F)cc(F)c21. The molecule has 0 aliphatic heterocycles. The molecule has 0 amide bonds. The molecule has 3 aromatic rings. The molecule has 2 heterocycles. The molecule has 0 spiro atoms. The number of thiazole rings is 1. The number of hydrogen-bond donors (Lipinski definition) is 0. The van der Waals surface area contributed by atoms with Crippen LogP contribution in [0.1, 0.15) is 0 Å². The number of fused-ring (bicyclic) bond motifs is 1. The van der Waals surface area contributed by atoms with Crippen LogP contribution in [0.15, 0.2) is 32.9 Å². The minimum absolute atomic E-state index is 0.0279. The molecule has 0 N–H and O–H groups in total. The minimum atomic E-state index is -4.02. The quantitative estimate of drug-likeness (QED) is 0.628. The molecular weight excluding hydrogens is 414 g/mol. The molecule has 0 radical (unpaired) electrons. The largest absolute Gasteiger partial charge is 0.383 e. The summed E-state index contributed by atoms with van der Waals surface area (Å²) in [5.41, 5.74) is 0.0848. The maximum atomic E-state index is 14.2. The van der Waals surface area contributed by atoms with Crippen molar-refractivity contribution in [2.75, 3.05) is 13.7 Å². The van der Waals surface area contributed by atoms with Crippen LogP contribution in [0.4, 0.5) is 8.78 Å². The molecule has 0 unspecified atom stereocenters. The molecule has 0 aliphatic rings. The van der Waals surface area contributed by atoms with Gasteiger partial charge < -0.3 is 9.30 Å². The van der Waals surface area contributed by atoms with Crippen molar-refractivity contribution in [3.8, 4) is 0 Å². The Bertz CT molecular complexity index is 1100. The van der Waals surface area contributed by atoms with Gasteiger partial charge in [0.1, 0.15) is 10.0 Å². The molecule has 3 rings (SSSR count). The Morgan fingerprint density at radius 1 is 1.28 bits per heavy atom. The van der Waals surface area contributed by atoms with E-state index in [-0.39, 0.29) is 32.4 Å². The second-order valence-corrected chi connectivity index (χ2v) is 9.44. The standard InChI is InChI=1S/C14H11ClF2N2O3S3/c1-22-5-4-19-13-9(17)6-8(16)7-10(13)23-14(19)18-25(20,21)12-3-2-11(15)24-12/h2-3,6-7H,4-5H2,1H3. The van der Waals surface area contributed by atoms with Crippen LogP contribution in [0.25, 0.3) is 10.2 Å². The van der Waals surface area contributed by atoms with Crippen LogP contribution in [0.5, 0.6) is 0 Å². The molecule has 11 heteroatoms. The Morgan fingerprint density at radius 2 is 2.04 bits per heavy atom. The highest BCUT2D eigenvalue weighted by atomic mass is 35.5. The summed E-state index contributed by atoms with van der Waals surface area (Å²) in [5.74, 6) is -1.54. The van der Waals surface area contributed by atoms with Crippen molar-refractivity contribution in [2.24, 2.45) is 4.40 Å². The van der Waals surface area contributed by atoms with E-state index in [1.807, 2.05) is 0 Å². The van der Waals surface area contributed by atoms with Crippen LogP contribution in [0.2, 0.25) is 4.34 Å². The summed E-state index contributed by atoms with van der Waals surface area (Å²) in [6.07, 6.45) is 0. The fourth-order valence-electron chi connectivity index (χ4n) is 2.17. The van der Waals surface area contributed by atoms with Crippen LogP contribution in [-0.2, 0) is 21.3 Å². The fourth-order valence-corrected chi connectivity index (χ4v) is 5.93. The van der Waals surface area contributed by atoms with Gasteiger partial charge in [0.2, 0.25) is 4.80 Å². The zero-order valence-corrected chi connectivity index (χ0v) is 15.9. The molecule has 134 valence electrons. The molecule has 0 atom stereocenters. The highest BCUT2D eigenvalue weighted by Gasteiger charge is 2.18. The van der Waals surface area contributed by atoms with Crippen LogP contribution in [-0.4, -0.2) is 26.7 Å². The van der Waals surface area contributed by atoms with Gasteiger partial charge in [-0.1, -0.05) is 22.9 Å². The number of ether oxygens (including phenoxy) is 1. The molecule has 5 nitrogen and oxygen atoms in total. The molecule has 0 saturated carbocycles. The lowest BCUT2D eigenvalue weighted by atomic mass is 10.3. The summed E-state index contributed by atoms with van der Waals surface area (Å²) >= 11 is 7.53. The average molecular weight is 425 g/mol. The van der Waals surface area contributed by atoms with Crippen molar-refractivity contribution in [3.63, 3.8) is 0 Å². The first-order valence-electron chi connectivity index (χ1n) is 6.85. The maximum absolute atomic E-state index is 14.2. The zero-order valence-electron chi connectivity index (χ0n) is 12.7. The van der Waals surface area contributed by atoms with E-state index >= 15 is 0 Å². The number of benzene rings is 1. The van der Waals surface area contributed by atoms with Crippen LogP contribution in [0, 0.1) is 11.6 Å². The predicted molar refractivity (Wildman–Crippen MR) is 93.7 cm³/mol. The van der Waals surface area contributed by atoms with E-state index in [1.54, 1.807) is 0 Å². The van der Waals surface area contributed by atoms with Crippen molar-refractivity contribution < 1.29 is 21.9 Å². The van der Waals surface area contributed by atoms with Gasteiger partial charge in [-0.05, 0) is 18.2 Å². The van der Waals surface area contributed by atoms with Crippen molar-refractivity contribution >= 4 is 54.5 Å². The van der Waals surface area contributed by atoms with Crippen molar-refractivity contribution in [2.45, 2.75) is 10.8 Å². The second-order valence-electron chi connectivity index (χ2n) is 4.89. The average Bonchev–Trinajstić information content (AvgIpc) is 3.09. The number of rotatable bonds is 5. The molecule has 1 aromatic carbocycles. The topological polar surface area (TPSA) is 60.7 Å². The van der Waals surface area contributed by atoms with Crippen molar-refractivity contribution in [1.82, 2.24) is 4.57 Å². The third-order valence-electron chi connectivity index (χ3n) is 3.22. The molecule has 25 heavy (non-hydrogen) atoms. The van der Waals surface area contributed by atoms with Gasteiger partial charge in [-0.3, -0.25) is 0 Å². The Morgan fingerprint density at radius 3 is 2.68 bits per heavy atom. The van der Waals surface area contributed by atoms with E-state index in [1.165, 1.54) is 23.8 Å². The van der Waals surface area contributed by atoms with E-state index in [0.717, 1.165) is 34.8 Å². The van der Waals surface area contributed by atoms with Crippen LogP contribution >= 0.6 is 34.3 Å². The Hall–Kier alpha value is -1.33. The molecule has 0 bridgehead atoms. The number of halogens is 3. The summed E-state index contributed by atoms with van der Waals surface area (Å²) in [4.78, 5) is 0.0288. The Balaban J connectivity index is 2.26. The predicted octanol–water partition coefficient (Wildman–Crippen LogP) is 3.63. The lowest BCUT2D eigenvalue weighted by Crippen LogP contribution is -2.19. The van der Waals surface area contributed by atoms with Gasteiger partial charge >= 0.3 is 0 Å². The Labute approximate surface area is 154 Å². The third-order valence-corrected chi connectivity index (χ3v) is 7.32. The van der Waals surface area contributed by atoms with Gasteiger partial charge in [-0.2, -0.15) is 8.42 Å². The molecule has 0 saturated heterocycles. The van der Waals surface area contributed by atoms with E-state index in [2.05, 4.69) is 4.40 Å². The highest BCUT2D eigenvalue weighted by Crippen LogP contribution is 2.27. The molecule has 0 aliphatic carbocycles. The molecule has 2 aromatic heterocycles. The third kappa shape index (κ3) is 3.77. The number of hydrogen-bond acceptors (Lipinski definition) is 5. The van der Waals surface area contributed by atoms with Crippen LogP contribution in [0.3, 0.4) is 0 Å². The first kappa shape index (κ1) is 18.5. The van der Waals surface area contributed by atoms with Crippen molar-refractivity contribution in [1.29, 1.82) is 0 Å². The number of sulfonamides is 1. The summed E-state index contributed by atoms with van der Waals surface area (Å²) in [5, 5.41) is 0. The molecule has 0 fully saturated rings. The van der Waals surface area contributed by atoms with E-state index in [4.69, 9.17) is 16.3 Å². The highest BCUT2D eigenvalue weighted by molar-refractivity contribution is 7.92. The smallest absolute Gasteiger partial charge is 0.294 e.